The Kier molecular flexibility index (Phi) is 4.81. The second-order valence-corrected chi connectivity index (χ2v) is 10.2. The number of amides is 1. The fraction of sp³-hybridized carbons (Fsp3) is 0.600. The number of quaternary nitrogens is 1. The Morgan fingerprint density at radius 1 is 1.30 bits per heavy atom. The van der Waals surface area contributed by atoms with Gasteiger partial charge in [0.15, 0.2) is 4.88 Å². The Hall–Kier alpha value is -1.12. The summed E-state index contributed by atoms with van der Waals surface area (Å²) in [6, 6.07) is 0. The van der Waals surface area contributed by atoms with Gasteiger partial charge in [-0.3, -0.25) is 10.0 Å². The maximum absolute atomic E-state index is 12.4. The van der Waals surface area contributed by atoms with Crippen molar-refractivity contribution in [1.82, 2.24) is 18.7 Å². The Labute approximate surface area is 138 Å². The number of nitrogens with one attached hydrogen (secondary N) is 1. The number of carbonyl (C=O) groups excluding carboxylic acids is 1. The summed E-state index contributed by atoms with van der Waals surface area (Å²) >= 11 is 0.902. The van der Waals surface area contributed by atoms with Gasteiger partial charge >= 0.3 is 0 Å². The van der Waals surface area contributed by atoms with E-state index in [9.17, 15) is 21.6 Å². The number of thiazole rings is 1. The van der Waals surface area contributed by atoms with Crippen LogP contribution in [0.3, 0.4) is 0 Å². The van der Waals surface area contributed by atoms with Gasteiger partial charge in [0.2, 0.25) is 10.0 Å². The SMILES string of the molecule is CS(=O)(=O)N1CC[N+](c2ncsc2C(=O)NO)(S(C)(=O)=O)CC1. The first-order valence-corrected chi connectivity index (χ1v) is 11.0. The van der Waals surface area contributed by atoms with Gasteiger partial charge in [0.1, 0.15) is 13.1 Å². The molecule has 0 saturated carbocycles. The first kappa shape index (κ1) is 18.2. The Balaban J connectivity index is 2.50. The van der Waals surface area contributed by atoms with Gasteiger partial charge in [-0.05, 0) is 0 Å². The van der Waals surface area contributed by atoms with Gasteiger partial charge in [-0.15, -0.1) is 11.3 Å². The van der Waals surface area contributed by atoms with Crippen LogP contribution in [0.5, 0.6) is 0 Å². The molecule has 1 amide bonds. The van der Waals surface area contributed by atoms with Crippen molar-refractivity contribution in [3.8, 4) is 0 Å². The molecule has 0 aromatic carbocycles. The van der Waals surface area contributed by atoms with Gasteiger partial charge in [0.05, 0.1) is 31.1 Å². The van der Waals surface area contributed by atoms with E-state index < -0.39 is 29.8 Å². The van der Waals surface area contributed by atoms with Crippen LogP contribution in [0.1, 0.15) is 9.67 Å². The molecule has 10 nitrogen and oxygen atoms in total. The number of rotatable bonds is 4. The van der Waals surface area contributed by atoms with E-state index in [1.54, 1.807) is 0 Å². The van der Waals surface area contributed by atoms with E-state index >= 15 is 0 Å². The summed E-state index contributed by atoms with van der Waals surface area (Å²) in [7, 11) is -7.18. The third-order valence-corrected chi connectivity index (χ3v) is 7.69. The lowest BCUT2D eigenvalue weighted by Crippen LogP contribution is -2.64. The highest BCUT2D eigenvalue weighted by Gasteiger charge is 2.49. The van der Waals surface area contributed by atoms with Crippen LogP contribution in [-0.2, 0) is 20.0 Å². The van der Waals surface area contributed by atoms with Gasteiger partial charge in [0, 0.05) is 0 Å². The van der Waals surface area contributed by atoms with Crippen LogP contribution in [-0.4, -0.2) is 75.9 Å². The predicted octanol–water partition coefficient (Wildman–Crippen LogP) is -1.20. The first-order chi connectivity index (χ1) is 10.5. The molecule has 0 spiro atoms. The lowest BCUT2D eigenvalue weighted by Gasteiger charge is -2.39. The van der Waals surface area contributed by atoms with E-state index in [4.69, 9.17) is 5.21 Å². The van der Waals surface area contributed by atoms with Crippen molar-refractivity contribution in [3.05, 3.63) is 10.4 Å². The molecule has 0 bridgehead atoms. The minimum Gasteiger partial charge on any atom is -0.288 e. The zero-order valence-electron chi connectivity index (χ0n) is 12.5. The summed E-state index contributed by atoms with van der Waals surface area (Å²) in [6.07, 6.45) is 2.07. The molecule has 2 rings (SSSR count). The van der Waals surface area contributed by atoms with Crippen LogP contribution in [0.2, 0.25) is 0 Å². The second kappa shape index (κ2) is 6.07. The van der Waals surface area contributed by atoms with Gasteiger partial charge < -0.3 is 0 Å². The average Bonchev–Trinajstić information content (AvgIpc) is 2.94. The summed E-state index contributed by atoms with van der Waals surface area (Å²) in [5.74, 6) is -0.855. The summed E-state index contributed by atoms with van der Waals surface area (Å²) in [5.41, 5.74) is 2.78. The molecule has 23 heavy (non-hydrogen) atoms. The zero-order chi connectivity index (χ0) is 17.5. The van der Waals surface area contributed by atoms with Crippen molar-refractivity contribution in [1.29, 1.82) is 0 Å². The molecule has 130 valence electrons. The van der Waals surface area contributed by atoms with E-state index in [2.05, 4.69) is 4.98 Å². The standard InChI is InChI=1S/C10H16N4O6S3/c1-22(17,18)13-3-5-14(6-4-13,23(2,19)20)9-8(10(15)12-16)21-7-11-9/h7H,3-6H2,1-2H3,(H-,12,15,16)/p+1. The highest BCUT2D eigenvalue weighted by molar-refractivity contribution is 7.90. The van der Waals surface area contributed by atoms with Crippen LogP contribution in [0.15, 0.2) is 5.51 Å². The molecular weight excluding hydrogens is 368 g/mol. The molecule has 1 fully saturated rings. The summed E-state index contributed by atoms with van der Waals surface area (Å²) in [5, 5.41) is 8.80. The van der Waals surface area contributed by atoms with Crippen LogP contribution < -0.4 is 9.37 Å². The molecule has 0 aliphatic carbocycles. The number of hydroxylamine groups is 1. The van der Waals surface area contributed by atoms with Crippen molar-refractivity contribution in [2.75, 3.05) is 38.7 Å². The molecule has 1 saturated heterocycles. The summed E-state index contributed by atoms with van der Waals surface area (Å²) in [6.45, 7) is -0.157. The van der Waals surface area contributed by atoms with Gasteiger partial charge in [-0.25, -0.2) is 13.9 Å². The van der Waals surface area contributed by atoms with Crippen molar-refractivity contribution in [2.24, 2.45) is 0 Å². The van der Waals surface area contributed by atoms with E-state index in [0.717, 1.165) is 23.8 Å². The fourth-order valence-electron chi connectivity index (χ4n) is 2.54. The Morgan fingerprint density at radius 3 is 2.30 bits per heavy atom. The maximum atomic E-state index is 12.4. The minimum atomic E-state index is -3.75. The monoisotopic (exact) mass is 385 g/mol. The van der Waals surface area contributed by atoms with Crippen molar-refractivity contribution >= 4 is 43.1 Å². The van der Waals surface area contributed by atoms with Crippen molar-refractivity contribution < 1.29 is 26.8 Å². The third kappa shape index (κ3) is 3.25. The van der Waals surface area contributed by atoms with Crippen molar-refractivity contribution in [2.45, 2.75) is 0 Å². The predicted molar refractivity (Wildman–Crippen MR) is 84.2 cm³/mol. The summed E-state index contributed by atoms with van der Waals surface area (Å²) in [4.78, 5) is 15.7. The highest BCUT2D eigenvalue weighted by Crippen LogP contribution is 2.33. The fourth-order valence-corrected chi connectivity index (χ4v) is 5.45. The van der Waals surface area contributed by atoms with Gasteiger partial charge in [-0.1, -0.05) is 0 Å². The molecule has 1 aliphatic heterocycles. The van der Waals surface area contributed by atoms with E-state index in [1.807, 2.05) is 0 Å². The molecule has 0 atom stereocenters. The molecule has 2 N–H and O–H groups in total. The number of aromatic nitrogens is 1. The lowest BCUT2D eigenvalue weighted by atomic mass is 10.3. The average molecular weight is 385 g/mol. The number of piperazine rings is 1. The van der Waals surface area contributed by atoms with Crippen molar-refractivity contribution in [3.63, 3.8) is 0 Å². The lowest BCUT2D eigenvalue weighted by molar-refractivity contribution is 0.0709. The Bertz CT molecular complexity index is 807. The molecular formula is C10H17N4O6S3+. The molecule has 13 heteroatoms. The maximum Gasteiger partial charge on any atom is 0.300 e. The van der Waals surface area contributed by atoms with Crippen LogP contribution in [0, 0.1) is 0 Å². The quantitative estimate of drug-likeness (QED) is 0.378. The van der Waals surface area contributed by atoms with Crippen LogP contribution in [0.25, 0.3) is 0 Å². The third-order valence-electron chi connectivity index (χ3n) is 3.77. The zero-order valence-corrected chi connectivity index (χ0v) is 14.9. The number of carbonyl (C=O) groups is 1. The van der Waals surface area contributed by atoms with E-state index in [0.29, 0.717) is 0 Å². The Morgan fingerprint density at radius 2 is 1.87 bits per heavy atom. The van der Waals surface area contributed by atoms with Crippen LogP contribution >= 0.6 is 11.3 Å². The topological polar surface area (TPSA) is 134 Å². The smallest absolute Gasteiger partial charge is 0.288 e. The normalized spacial score (nSPS) is 19.4. The number of sulfonamides is 2. The molecule has 1 aromatic rings. The van der Waals surface area contributed by atoms with E-state index in [1.165, 1.54) is 15.3 Å². The summed E-state index contributed by atoms with van der Waals surface area (Å²) < 4.78 is 48.6. The molecule has 1 aromatic heterocycles. The molecule has 1 aliphatic rings. The number of hydrogen-bond donors (Lipinski definition) is 2. The first-order valence-electron chi connectivity index (χ1n) is 6.44. The van der Waals surface area contributed by atoms with E-state index in [-0.39, 0.29) is 36.9 Å². The molecule has 0 unspecified atom stereocenters. The largest absolute Gasteiger partial charge is 0.300 e. The van der Waals surface area contributed by atoms with Gasteiger partial charge in [0.25, 0.3) is 21.7 Å². The minimum absolute atomic E-state index is 0.00259. The van der Waals surface area contributed by atoms with Crippen LogP contribution in [0.4, 0.5) is 5.82 Å². The highest BCUT2D eigenvalue weighted by atomic mass is 32.2. The molecule has 0 radical (unpaired) electrons. The number of hydrogen-bond acceptors (Lipinski definition) is 8. The molecule has 2 heterocycles. The second-order valence-electron chi connectivity index (χ2n) is 5.18. The van der Waals surface area contributed by atoms with Gasteiger partial charge in [-0.2, -0.15) is 21.6 Å². The number of nitrogens with zero attached hydrogens (tertiary/aromatic N) is 3.